The molecule has 0 aliphatic heterocycles. The lowest BCUT2D eigenvalue weighted by atomic mass is 10.0. The van der Waals surface area contributed by atoms with Crippen LogP contribution in [0.2, 0.25) is 0 Å². The second-order valence-electron chi connectivity index (χ2n) is 26.4. The summed E-state index contributed by atoms with van der Waals surface area (Å²) in [7, 11) is 1.20. The van der Waals surface area contributed by atoms with Gasteiger partial charge in [0.25, 0.3) is 7.82 Å². The fourth-order valence-electron chi connectivity index (χ4n) is 11.0. The molecule has 0 rings (SSSR count). The van der Waals surface area contributed by atoms with E-state index >= 15 is 0 Å². The second-order valence-corrected chi connectivity index (χ2v) is 27.9. The molecule has 85 heavy (non-hydrogen) atoms. The molecule has 0 spiro atoms. The quantitative estimate of drug-likeness (QED) is 0.0212. The first-order valence-corrected chi connectivity index (χ1v) is 38.4. The molecule has 0 saturated carbocycles. The van der Waals surface area contributed by atoms with Crippen molar-refractivity contribution in [3.05, 3.63) is 48.6 Å². The Hall–Kier alpha value is -2.03. The van der Waals surface area contributed by atoms with Crippen molar-refractivity contribution in [3.8, 4) is 0 Å². The lowest BCUT2D eigenvalue weighted by Crippen LogP contribution is -2.47. The van der Waals surface area contributed by atoms with Crippen molar-refractivity contribution in [2.24, 2.45) is 0 Å². The molecule has 500 valence electrons. The Bertz CT molecular complexity index is 1590. The summed E-state index contributed by atoms with van der Waals surface area (Å²) in [6.45, 7) is 6.87. The Labute approximate surface area is 529 Å². The zero-order chi connectivity index (χ0) is 62.1. The van der Waals surface area contributed by atoms with E-state index in [1.165, 1.54) is 270 Å². The van der Waals surface area contributed by atoms with Crippen LogP contribution < -0.4 is 10.2 Å². The van der Waals surface area contributed by atoms with Crippen LogP contribution in [0.15, 0.2) is 48.6 Å². The van der Waals surface area contributed by atoms with E-state index in [1.54, 1.807) is 0 Å². The number of carbonyl (C=O) groups is 2. The molecule has 10 heteroatoms. The number of esters is 1. The molecule has 0 aromatic rings. The molecule has 0 bridgehead atoms. The van der Waals surface area contributed by atoms with E-state index in [9.17, 15) is 19.0 Å². The largest absolute Gasteiger partial charge is 0.756 e. The molecule has 0 aromatic heterocycles. The summed E-state index contributed by atoms with van der Waals surface area (Å²) in [4.78, 5) is 40.2. The zero-order valence-corrected chi connectivity index (χ0v) is 58.2. The van der Waals surface area contributed by atoms with E-state index in [1.807, 2.05) is 33.3 Å². The van der Waals surface area contributed by atoms with Crippen molar-refractivity contribution in [2.45, 2.75) is 380 Å². The van der Waals surface area contributed by atoms with Gasteiger partial charge in [0, 0.05) is 12.8 Å². The Kier molecular flexibility index (Phi) is 63.4. The van der Waals surface area contributed by atoms with Gasteiger partial charge in [0.1, 0.15) is 19.3 Å². The third kappa shape index (κ3) is 66.2. The second kappa shape index (κ2) is 64.9. The van der Waals surface area contributed by atoms with Gasteiger partial charge in [-0.15, -0.1) is 0 Å². The number of unbranched alkanes of at least 4 members (excludes halogenated alkanes) is 46. The van der Waals surface area contributed by atoms with Gasteiger partial charge in [0.2, 0.25) is 5.91 Å². The highest BCUT2D eigenvalue weighted by molar-refractivity contribution is 7.45. The average Bonchev–Trinajstić information content (AvgIpc) is 3.64. The number of carbonyl (C=O) groups excluding carboxylic acids is 2. The molecule has 1 amide bonds. The van der Waals surface area contributed by atoms with Crippen LogP contribution in [0, 0.1) is 0 Å². The van der Waals surface area contributed by atoms with Gasteiger partial charge in [0.05, 0.1) is 33.8 Å². The third-order valence-corrected chi connectivity index (χ3v) is 17.7. The fourth-order valence-corrected chi connectivity index (χ4v) is 11.7. The summed E-state index contributed by atoms with van der Waals surface area (Å²) in [5.41, 5.74) is 0. The molecule has 3 atom stereocenters. The molecule has 0 aliphatic rings. The van der Waals surface area contributed by atoms with Crippen LogP contribution in [0.3, 0.4) is 0 Å². The normalized spacial score (nSPS) is 13.7. The number of likely N-dealkylation sites (N-methyl/N-ethyl adjacent to an activating group) is 1. The van der Waals surface area contributed by atoms with Gasteiger partial charge < -0.3 is 28.5 Å². The van der Waals surface area contributed by atoms with Crippen molar-refractivity contribution in [1.29, 1.82) is 0 Å². The van der Waals surface area contributed by atoms with Gasteiger partial charge in [-0.2, -0.15) is 0 Å². The summed E-state index contributed by atoms with van der Waals surface area (Å²) in [6.07, 6.45) is 82.4. The average molecular weight is 1220 g/mol. The van der Waals surface area contributed by atoms with E-state index in [4.69, 9.17) is 13.8 Å². The molecular formula is C75H143N2O7P. The maximum absolute atomic E-state index is 13.6. The van der Waals surface area contributed by atoms with Crippen LogP contribution >= 0.6 is 7.82 Å². The summed E-state index contributed by atoms with van der Waals surface area (Å²) in [5.74, 6) is -0.524. The number of quaternary nitrogens is 1. The summed E-state index contributed by atoms with van der Waals surface area (Å²) >= 11 is 0. The zero-order valence-electron chi connectivity index (χ0n) is 57.3. The van der Waals surface area contributed by atoms with E-state index in [-0.39, 0.29) is 31.5 Å². The maximum atomic E-state index is 13.6. The molecular weight excluding hydrogens is 1070 g/mol. The molecule has 0 fully saturated rings. The van der Waals surface area contributed by atoms with Crippen LogP contribution in [-0.2, 0) is 27.9 Å². The molecule has 0 aliphatic carbocycles. The minimum Gasteiger partial charge on any atom is -0.756 e. The van der Waals surface area contributed by atoms with Crippen molar-refractivity contribution in [3.63, 3.8) is 0 Å². The molecule has 0 heterocycles. The van der Waals surface area contributed by atoms with Crippen molar-refractivity contribution >= 4 is 19.7 Å². The monoisotopic (exact) mass is 1220 g/mol. The number of nitrogens with zero attached hydrogens (tertiary/aromatic N) is 1. The van der Waals surface area contributed by atoms with Crippen LogP contribution in [0.5, 0.6) is 0 Å². The van der Waals surface area contributed by atoms with Crippen LogP contribution in [0.4, 0.5) is 0 Å². The lowest BCUT2D eigenvalue weighted by molar-refractivity contribution is -0.870. The topological polar surface area (TPSA) is 114 Å². The fraction of sp³-hybridized carbons (Fsp3) is 0.867. The number of rotatable bonds is 68. The van der Waals surface area contributed by atoms with E-state index in [0.717, 1.165) is 64.2 Å². The number of hydrogen-bond acceptors (Lipinski definition) is 7. The number of nitrogens with one attached hydrogen (secondary N) is 1. The standard InChI is InChI=1S/C75H143N2O7P/c1-7-10-13-16-19-22-25-27-29-31-33-35-37-38-40-41-43-45-47-49-52-55-58-61-64-67-74(78)76-72(71-83-85(80,81)82-70-69-77(4,5)6)73(66-63-60-57-54-51-24-21-18-15-12-9-3)84-75(79)68-65-62-59-56-53-50-48-46-44-42-39-36-34-32-30-28-26-23-20-17-14-11-8-2/h19,22,27-30,63,66,72-73H,7-18,20-21,23-26,31-62,64-65,67-71H2,1-6H3,(H-,76,78,80,81)/b22-19-,29-27-,30-28+,66-63+. The smallest absolute Gasteiger partial charge is 0.306 e. The first-order chi connectivity index (χ1) is 41.4. The first-order valence-electron chi connectivity index (χ1n) is 36.9. The van der Waals surface area contributed by atoms with E-state index < -0.39 is 20.0 Å². The number of phosphoric acid groups is 1. The minimum atomic E-state index is -4.70. The van der Waals surface area contributed by atoms with E-state index in [0.29, 0.717) is 17.4 Å². The number of allylic oxidation sites excluding steroid dienone is 7. The number of ether oxygens (including phenoxy) is 1. The van der Waals surface area contributed by atoms with Gasteiger partial charge in [0.15, 0.2) is 0 Å². The maximum Gasteiger partial charge on any atom is 0.306 e. The Morgan fingerprint density at radius 2 is 0.718 bits per heavy atom. The van der Waals surface area contributed by atoms with Gasteiger partial charge in [-0.25, -0.2) is 0 Å². The highest BCUT2D eigenvalue weighted by atomic mass is 31.2. The molecule has 0 saturated heterocycles. The van der Waals surface area contributed by atoms with Gasteiger partial charge in [-0.3, -0.25) is 14.2 Å². The molecule has 9 nitrogen and oxygen atoms in total. The molecule has 0 radical (unpaired) electrons. The van der Waals surface area contributed by atoms with Gasteiger partial charge in [-0.05, 0) is 89.5 Å². The molecule has 1 N–H and O–H groups in total. The summed E-state index contributed by atoms with van der Waals surface area (Å²) < 4.78 is 30.5. The summed E-state index contributed by atoms with van der Waals surface area (Å²) in [6, 6.07) is -0.887. The van der Waals surface area contributed by atoms with Crippen LogP contribution in [0.25, 0.3) is 0 Å². The lowest BCUT2D eigenvalue weighted by Gasteiger charge is -2.30. The highest BCUT2D eigenvalue weighted by Crippen LogP contribution is 2.38. The Morgan fingerprint density at radius 1 is 0.412 bits per heavy atom. The van der Waals surface area contributed by atoms with Gasteiger partial charge >= 0.3 is 5.97 Å². The first kappa shape index (κ1) is 83.0. The van der Waals surface area contributed by atoms with Gasteiger partial charge in [-0.1, -0.05) is 314 Å². The number of phosphoric ester groups is 1. The van der Waals surface area contributed by atoms with Crippen LogP contribution in [0.1, 0.15) is 367 Å². The van der Waals surface area contributed by atoms with Crippen LogP contribution in [-0.4, -0.2) is 69.4 Å². The van der Waals surface area contributed by atoms with Crippen molar-refractivity contribution in [2.75, 3.05) is 40.9 Å². The van der Waals surface area contributed by atoms with Crippen molar-refractivity contribution < 1.29 is 37.3 Å². The predicted molar refractivity (Wildman–Crippen MR) is 367 cm³/mol. The minimum absolute atomic E-state index is 0.0205. The molecule has 3 unspecified atom stereocenters. The molecule has 0 aromatic carbocycles. The Balaban J connectivity index is 4.95. The van der Waals surface area contributed by atoms with Crippen molar-refractivity contribution in [1.82, 2.24) is 5.32 Å². The Morgan fingerprint density at radius 3 is 1.09 bits per heavy atom. The van der Waals surface area contributed by atoms with E-state index in [2.05, 4.69) is 62.5 Å². The number of hydrogen-bond donors (Lipinski definition) is 1. The summed E-state index contributed by atoms with van der Waals surface area (Å²) in [5, 5.41) is 3.05. The predicted octanol–water partition coefficient (Wildman–Crippen LogP) is 22.9. The number of amides is 1. The third-order valence-electron chi connectivity index (χ3n) is 16.7. The highest BCUT2D eigenvalue weighted by Gasteiger charge is 2.27. The SMILES string of the molecule is CCCCC/C=C\C/C=C\CCCCCCCCCCCCCCCCCC(=O)NC(COP(=O)([O-])OCC[N+](C)(C)C)C(/C=C/CCCCCCCCCCC)OC(=O)CCCCCCCCCCCCCCC/C=C/CCCCCCCC.